The van der Waals surface area contributed by atoms with Gasteiger partial charge in [0.1, 0.15) is 5.82 Å². The fourth-order valence-corrected chi connectivity index (χ4v) is 1.95. The Morgan fingerprint density at radius 3 is 2.61 bits per heavy atom. The van der Waals surface area contributed by atoms with Gasteiger partial charge in [-0.2, -0.15) is 0 Å². The van der Waals surface area contributed by atoms with Crippen LogP contribution in [0.25, 0.3) is 0 Å². The lowest BCUT2D eigenvalue weighted by Crippen LogP contribution is -2.30. The van der Waals surface area contributed by atoms with E-state index in [1.165, 1.54) is 13.1 Å². The van der Waals surface area contributed by atoms with Gasteiger partial charge >= 0.3 is 5.97 Å². The van der Waals surface area contributed by atoms with Crippen LogP contribution in [-0.2, 0) is 9.53 Å². The number of rotatable bonds is 5. The average molecular weight is 334 g/mol. The van der Waals surface area contributed by atoms with E-state index in [1.54, 1.807) is 43.4 Å². The van der Waals surface area contributed by atoms with Gasteiger partial charge in [-0.25, -0.2) is 9.78 Å². The molecule has 0 aliphatic carbocycles. The van der Waals surface area contributed by atoms with Crippen molar-refractivity contribution in [1.82, 2.24) is 4.98 Å². The zero-order valence-electron chi connectivity index (χ0n) is 12.7. The van der Waals surface area contributed by atoms with Gasteiger partial charge in [-0.15, -0.1) is 0 Å². The molecule has 23 heavy (non-hydrogen) atoms. The third-order valence-electron chi connectivity index (χ3n) is 3.05. The zero-order chi connectivity index (χ0) is 16.8. The number of aromatic nitrogens is 1. The number of carbonyl (C=O) groups excluding carboxylic acids is 2. The molecule has 0 spiro atoms. The summed E-state index contributed by atoms with van der Waals surface area (Å²) in [6.07, 6.45) is 0.446. The lowest BCUT2D eigenvalue weighted by molar-refractivity contribution is -0.123. The van der Waals surface area contributed by atoms with Crippen LogP contribution in [0.3, 0.4) is 0 Å². The highest BCUT2D eigenvalue weighted by molar-refractivity contribution is 6.30. The Kier molecular flexibility index (Phi) is 5.54. The van der Waals surface area contributed by atoms with E-state index in [0.29, 0.717) is 22.1 Å². The highest BCUT2D eigenvalue weighted by atomic mass is 35.5. The van der Waals surface area contributed by atoms with E-state index < -0.39 is 18.0 Å². The van der Waals surface area contributed by atoms with Crippen molar-refractivity contribution >= 4 is 35.0 Å². The molecule has 120 valence electrons. The Bertz CT molecular complexity index is 704. The summed E-state index contributed by atoms with van der Waals surface area (Å²) in [6.45, 7) is 1.49. The average Bonchev–Trinajstić information content (AvgIpc) is 2.56. The summed E-state index contributed by atoms with van der Waals surface area (Å²) in [5, 5.41) is 5.92. The quantitative estimate of drug-likeness (QED) is 0.822. The smallest absolute Gasteiger partial charge is 0.341 e. The third kappa shape index (κ3) is 4.43. The zero-order valence-corrected chi connectivity index (χ0v) is 13.4. The van der Waals surface area contributed by atoms with Crippen molar-refractivity contribution in [2.24, 2.45) is 0 Å². The first-order chi connectivity index (χ1) is 11.0. The Morgan fingerprint density at radius 2 is 1.96 bits per heavy atom. The van der Waals surface area contributed by atoms with E-state index in [9.17, 15) is 9.59 Å². The standard InChI is InChI=1S/C16H16ClN3O3/c1-10(15(21)20-14-8-7-11(17)9-19-14)23-16(22)12-5-3-4-6-13(12)18-2/h3-10,18H,1-2H3,(H,19,20,21)/t10-/m0/s1. The molecule has 1 atom stereocenters. The maximum Gasteiger partial charge on any atom is 0.341 e. The van der Waals surface area contributed by atoms with E-state index in [1.807, 2.05) is 0 Å². The number of halogens is 1. The van der Waals surface area contributed by atoms with Crippen LogP contribution < -0.4 is 10.6 Å². The number of para-hydroxylation sites is 1. The molecule has 0 saturated heterocycles. The third-order valence-corrected chi connectivity index (χ3v) is 3.27. The molecular formula is C16H16ClN3O3. The second kappa shape index (κ2) is 7.60. The number of hydrogen-bond acceptors (Lipinski definition) is 5. The van der Waals surface area contributed by atoms with Crippen molar-refractivity contribution in [3.05, 3.63) is 53.2 Å². The summed E-state index contributed by atoms with van der Waals surface area (Å²) in [5.74, 6) is -0.727. The number of pyridine rings is 1. The lowest BCUT2D eigenvalue weighted by atomic mass is 10.2. The molecule has 1 heterocycles. The molecule has 0 bridgehead atoms. The molecular weight excluding hydrogens is 318 g/mol. The van der Waals surface area contributed by atoms with Crippen LogP contribution in [0.15, 0.2) is 42.6 Å². The van der Waals surface area contributed by atoms with Gasteiger partial charge in [0, 0.05) is 18.9 Å². The number of nitrogens with one attached hydrogen (secondary N) is 2. The number of anilines is 2. The predicted octanol–water partition coefficient (Wildman–Crippen LogP) is 2.96. The summed E-state index contributed by atoms with van der Waals surface area (Å²) in [4.78, 5) is 28.2. The van der Waals surface area contributed by atoms with Crippen LogP contribution in [0, 0.1) is 0 Å². The second-order valence-corrected chi connectivity index (χ2v) is 5.13. The fraction of sp³-hybridized carbons (Fsp3) is 0.188. The maximum atomic E-state index is 12.2. The van der Waals surface area contributed by atoms with E-state index in [2.05, 4.69) is 15.6 Å². The van der Waals surface area contributed by atoms with Crippen LogP contribution in [0.4, 0.5) is 11.5 Å². The largest absolute Gasteiger partial charge is 0.449 e. The maximum absolute atomic E-state index is 12.2. The van der Waals surface area contributed by atoms with Gasteiger partial charge in [0.2, 0.25) is 0 Å². The number of carbonyl (C=O) groups is 2. The monoisotopic (exact) mass is 333 g/mol. The van der Waals surface area contributed by atoms with Crippen molar-refractivity contribution in [2.45, 2.75) is 13.0 Å². The number of nitrogens with zero attached hydrogens (tertiary/aromatic N) is 1. The van der Waals surface area contributed by atoms with Crippen molar-refractivity contribution in [3.8, 4) is 0 Å². The first kappa shape index (κ1) is 16.8. The van der Waals surface area contributed by atoms with Gasteiger partial charge in [0.05, 0.1) is 10.6 Å². The highest BCUT2D eigenvalue weighted by Crippen LogP contribution is 2.16. The van der Waals surface area contributed by atoms with Crippen LogP contribution >= 0.6 is 11.6 Å². The second-order valence-electron chi connectivity index (χ2n) is 4.69. The van der Waals surface area contributed by atoms with E-state index in [4.69, 9.17) is 16.3 Å². The molecule has 0 saturated carbocycles. The van der Waals surface area contributed by atoms with Gasteiger partial charge in [-0.05, 0) is 31.2 Å². The molecule has 0 aliphatic heterocycles. The van der Waals surface area contributed by atoms with Crippen LogP contribution in [0.2, 0.25) is 5.02 Å². The molecule has 2 aromatic rings. The molecule has 1 amide bonds. The minimum Gasteiger partial charge on any atom is -0.449 e. The van der Waals surface area contributed by atoms with Crippen LogP contribution in [0.1, 0.15) is 17.3 Å². The Hall–Kier alpha value is -2.60. The van der Waals surface area contributed by atoms with Crippen molar-refractivity contribution < 1.29 is 14.3 Å². The van der Waals surface area contributed by atoms with E-state index >= 15 is 0 Å². The molecule has 0 aliphatic rings. The Balaban J connectivity index is 2.00. The number of amides is 1. The number of ether oxygens (including phenoxy) is 1. The van der Waals surface area contributed by atoms with Gasteiger partial charge in [-0.3, -0.25) is 4.79 Å². The first-order valence-electron chi connectivity index (χ1n) is 6.91. The summed E-state index contributed by atoms with van der Waals surface area (Å²) < 4.78 is 5.19. The molecule has 2 N–H and O–H groups in total. The van der Waals surface area contributed by atoms with Crippen LogP contribution in [-0.4, -0.2) is 30.0 Å². The fourth-order valence-electron chi connectivity index (χ4n) is 1.83. The van der Waals surface area contributed by atoms with Gasteiger partial charge < -0.3 is 15.4 Å². The topological polar surface area (TPSA) is 80.3 Å². The summed E-state index contributed by atoms with van der Waals surface area (Å²) in [7, 11) is 1.70. The number of hydrogen-bond donors (Lipinski definition) is 2. The predicted molar refractivity (Wildman–Crippen MR) is 88.7 cm³/mol. The molecule has 0 unspecified atom stereocenters. The highest BCUT2D eigenvalue weighted by Gasteiger charge is 2.20. The summed E-state index contributed by atoms with van der Waals surface area (Å²) in [6, 6.07) is 10.1. The normalized spacial score (nSPS) is 11.4. The molecule has 0 fully saturated rings. The summed E-state index contributed by atoms with van der Waals surface area (Å²) in [5.41, 5.74) is 0.990. The van der Waals surface area contributed by atoms with Gasteiger partial charge in [0.15, 0.2) is 6.10 Å². The molecule has 0 radical (unpaired) electrons. The molecule has 1 aromatic heterocycles. The van der Waals surface area contributed by atoms with Gasteiger partial charge in [-0.1, -0.05) is 23.7 Å². The van der Waals surface area contributed by atoms with Crippen molar-refractivity contribution in [2.75, 3.05) is 17.7 Å². The van der Waals surface area contributed by atoms with E-state index in [-0.39, 0.29) is 0 Å². The minimum atomic E-state index is -0.968. The van der Waals surface area contributed by atoms with Crippen LogP contribution in [0.5, 0.6) is 0 Å². The van der Waals surface area contributed by atoms with E-state index in [0.717, 1.165) is 0 Å². The number of esters is 1. The molecule has 1 aromatic carbocycles. The minimum absolute atomic E-state index is 0.331. The SMILES string of the molecule is CNc1ccccc1C(=O)O[C@@H](C)C(=O)Nc1ccc(Cl)cn1. The Morgan fingerprint density at radius 1 is 1.22 bits per heavy atom. The van der Waals surface area contributed by atoms with Gasteiger partial charge in [0.25, 0.3) is 5.91 Å². The molecule has 6 nitrogen and oxygen atoms in total. The van der Waals surface area contributed by atoms with Crippen molar-refractivity contribution in [3.63, 3.8) is 0 Å². The summed E-state index contributed by atoms with van der Waals surface area (Å²) >= 11 is 5.73. The van der Waals surface area contributed by atoms with Crippen molar-refractivity contribution in [1.29, 1.82) is 0 Å². The number of benzene rings is 1. The molecule has 7 heteroatoms. The Labute approximate surface area is 138 Å². The lowest BCUT2D eigenvalue weighted by Gasteiger charge is -2.14. The molecule has 2 rings (SSSR count). The first-order valence-corrected chi connectivity index (χ1v) is 7.29.